The summed E-state index contributed by atoms with van der Waals surface area (Å²) < 4.78 is 18.8. The van der Waals surface area contributed by atoms with E-state index in [-0.39, 0.29) is 29.1 Å². The van der Waals surface area contributed by atoms with Crippen molar-refractivity contribution in [1.82, 2.24) is 9.78 Å². The lowest BCUT2D eigenvalue weighted by atomic mass is 10.2. The highest BCUT2D eigenvalue weighted by Crippen LogP contribution is 2.53. The van der Waals surface area contributed by atoms with Gasteiger partial charge in [-0.1, -0.05) is 11.6 Å². The maximum atomic E-state index is 13.0. The fraction of sp³-hybridized carbons (Fsp3) is 0.333. The Labute approximate surface area is 147 Å². The summed E-state index contributed by atoms with van der Waals surface area (Å²) in [4.78, 5) is 12.2. The molecule has 0 saturated heterocycles. The zero-order valence-corrected chi connectivity index (χ0v) is 14.3. The summed E-state index contributed by atoms with van der Waals surface area (Å²) in [6.45, 7) is 1.77. The topological polar surface area (TPSA) is 44.1 Å². The van der Waals surface area contributed by atoms with Gasteiger partial charge in [0.25, 0.3) is 0 Å². The van der Waals surface area contributed by atoms with Crippen molar-refractivity contribution >= 4 is 40.8 Å². The summed E-state index contributed by atoms with van der Waals surface area (Å²) in [5.41, 5.74) is 1.13. The minimum absolute atomic E-state index is 0.0685. The minimum Gasteiger partial charge on any atom is -0.462 e. The number of rotatable bonds is 4. The second-order valence-electron chi connectivity index (χ2n) is 5.40. The molecule has 1 aromatic heterocycles. The average molecular weight is 378 g/mol. The first-order valence-electron chi connectivity index (χ1n) is 6.85. The van der Waals surface area contributed by atoms with Crippen LogP contribution in [0.2, 0.25) is 5.15 Å². The second kappa shape index (κ2) is 5.96. The van der Waals surface area contributed by atoms with E-state index in [9.17, 15) is 9.18 Å². The number of carbonyl (C=O) groups is 1. The van der Waals surface area contributed by atoms with Gasteiger partial charge in [-0.25, -0.2) is 13.9 Å². The highest BCUT2D eigenvalue weighted by atomic mass is 35.5. The van der Waals surface area contributed by atoms with Crippen molar-refractivity contribution < 1.29 is 13.9 Å². The normalized spacial score (nSPS) is 18.7. The molecule has 0 spiro atoms. The second-order valence-corrected chi connectivity index (χ2v) is 7.30. The van der Waals surface area contributed by atoms with Gasteiger partial charge in [0, 0.05) is 5.92 Å². The fourth-order valence-corrected chi connectivity index (χ4v) is 3.03. The Morgan fingerprint density at radius 2 is 2.04 bits per heavy atom. The van der Waals surface area contributed by atoms with Gasteiger partial charge in [-0.3, -0.25) is 0 Å². The Bertz CT molecular complexity index is 759. The summed E-state index contributed by atoms with van der Waals surface area (Å²) in [6.07, 6.45) is 0.588. The minimum atomic E-state index is -0.808. The number of nitrogens with zero attached hydrogens (tertiary/aromatic N) is 2. The molecule has 1 aliphatic rings. The standard InChI is InChI=1S/C15H12Cl3FN2O2/c1-8-12(14(22)23-7-9-6-15(9,17)18)13(16)21(20-8)11-4-2-10(19)3-5-11/h2-5,9H,6-7H2,1H3/t9-/m0/s1. The molecule has 122 valence electrons. The molecule has 0 unspecified atom stereocenters. The lowest BCUT2D eigenvalue weighted by Gasteiger charge is -2.05. The quantitative estimate of drug-likeness (QED) is 0.588. The van der Waals surface area contributed by atoms with Crippen LogP contribution >= 0.6 is 34.8 Å². The molecule has 1 atom stereocenters. The molecule has 4 nitrogen and oxygen atoms in total. The molecule has 0 aliphatic heterocycles. The van der Waals surface area contributed by atoms with E-state index in [1.165, 1.54) is 28.9 Å². The number of ether oxygens (including phenoxy) is 1. The van der Waals surface area contributed by atoms with Gasteiger partial charge >= 0.3 is 5.97 Å². The van der Waals surface area contributed by atoms with Crippen LogP contribution in [0.25, 0.3) is 5.69 Å². The molecule has 1 aliphatic carbocycles. The maximum Gasteiger partial charge on any atom is 0.343 e. The Morgan fingerprint density at radius 3 is 2.61 bits per heavy atom. The lowest BCUT2D eigenvalue weighted by Crippen LogP contribution is -2.10. The molecular weight excluding hydrogens is 366 g/mol. The molecule has 1 heterocycles. The van der Waals surface area contributed by atoms with Crippen molar-refractivity contribution in [3.05, 3.63) is 46.5 Å². The monoisotopic (exact) mass is 376 g/mol. The van der Waals surface area contributed by atoms with Crippen molar-refractivity contribution in [2.45, 2.75) is 17.7 Å². The van der Waals surface area contributed by atoms with E-state index in [0.29, 0.717) is 17.8 Å². The number of alkyl halides is 2. The van der Waals surface area contributed by atoms with Crippen molar-refractivity contribution in [2.75, 3.05) is 6.61 Å². The van der Waals surface area contributed by atoms with E-state index in [1.807, 2.05) is 0 Å². The van der Waals surface area contributed by atoms with Gasteiger partial charge in [-0.05, 0) is 37.6 Å². The van der Waals surface area contributed by atoms with E-state index in [1.54, 1.807) is 6.92 Å². The summed E-state index contributed by atoms with van der Waals surface area (Å²) in [5.74, 6) is -1.03. The Balaban J connectivity index is 1.80. The molecule has 2 aromatic rings. The van der Waals surface area contributed by atoms with Gasteiger partial charge in [0.1, 0.15) is 20.9 Å². The van der Waals surface area contributed by atoms with Crippen LogP contribution in [-0.4, -0.2) is 26.7 Å². The number of aromatic nitrogens is 2. The van der Waals surface area contributed by atoms with Gasteiger partial charge in [-0.2, -0.15) is 5.10 Å². The van der Waals surface area contributed by atoms with Gasteiger partial charge in [-0.15, -0.1) is 23.2 Å². The molecule has 0 bridgehead atoms. The summed E-state index contributed by atoms with van der Waals surface area (Å²) in [6, 6.07) is 5.60. The van der Waals surface area contributed by atoms with Gasteiger partial charge in [0.15, 0.2) is 0 Å². The summed E-state index contributed by atoms with van der Waals surface area (Å²) >= 11 is 18.0. The maximum absolute atomic E-state index is 13.0. The number of aryl methyl sites for hydroxylation is 1. The molecule has 0 radical (unpaired) electrons. The van der Waals surface area contributed by atoms with E-state index in [0.717, 1.165) is 0 Å². The molecule has 23 heavy (non-hydrogen) atoms. The fourth-order valence-electron chi connectivity index (χ4n) is 2.18. The molecule has 8 heteroatoms. The van der Waals surface area contributed by atoms with E-state index >= 15 is 0 Å². The van der Waals surface area contributed by atoms with Crippen LogP contribution in [-0.2, 0) is 4.74 Å². The largest absolute Gasteiger partial charge is 0.462 e. The predicted molar refractivity (Wildman–Crippen MR) is 86.1 cm³/mol. The zero-order chi connectivity index (χ0) is 16.8. The molecule has 0 N–H and O–H groups in total. The van der Waals surface area contributed by atoms with Crippen molar-refractivity contribution in [2.24, 2.45) is 5.92 Å². The SMILES string of the molecule is Cc1nn(-c2ccc(F)cc2)c(Cl)c1C(=O)OC[C@@H]1CC1(Cl)Cl. The van der Waals surface area contributed by atoms with E-state index in [4.69, 9.17) is 39.5 Å². The third kappa shape index (κ3) is 3.32. The molecule has 3 rings (SSSR count). The Hall–Kier alpha value is -1.30. The van der Waals surface area contributed by atoms with Crippen LogP contribution in [0.15, 0.2) is 24.3 Å². The van der Waals surface area contributed by atoms with Crippen molar-refractivity contribution in [3.8, 4) is 5.69 Å². The third-order valence-corrected chi connectivity index (χ3v) is 4.93. The highest BCUT2D eigenvalue weighted by molar-refractivity contribution is 6.50. The number of carbonyl (C=O) groups excluding carboxylic acids is 1. The summed E-state index contributed by atoms with van der Waals surface area (Å²) in [5, 5.41) is 4.32. The Kier molecular flexibility index (Phi) is 4.29. The van der Waals surface area contributed by atoms with E-state index in [2.05, 4.69) is 5.10 Å². The molecule has 1 aromatic carbocycles. The Morgan fingerprint density at radius 1 is 1.43 bits per heavy atom. The number of benzene rings is 1. The summed E-state index contributed by atoms with van der Waals surface area (Å²) in [7, 11) is 0. The van der Waals surface area contributed by atoms with Crippen LogP contribution in [0.3, 0.4) is 0 Å². The number of hydrogen-bond acceptors (Lipinski definition) is 3. The van der Waals surface area contributed by atoms with Crippen molar-refractivity contribution in [3.63, 3.8) is 0 Å². The van der Waals surface area contributed by atoms with Crippen LogP contribution in [0.1, 0.15) is 22.5 Å². The molecular formula is C15H12Cl3FN2O2. The number of hydrogen-bond donors (Lipinski definition) is 0. The predicted octanol–water partition coefficient (Wildman–Crippen LogP) is 4.32. The smallest absolute Gasteiger partial charge is 0.343 e. The van der Waals surface area contributed by atoms with Crippen LogP contribution in [0.4, 0.5) is 4.39 Å². The third-order valence-electron chi connectivity index (χ3n) is 3.65. The first-order valence-corrected chi connectivity index (χ1v) is 7.99. The highest BCUT2D eigenvalue weighted by Gasteiger charge is 2.52. The van der Waals surface area contributed by atoms with Gasteiger partial charge in [0.2, 0.25) is 0 Å². The first-order chi connectivity index (χ1) is 10.8. The number of esters is 1. The van der Waals surface area contributed by atoms with Gasteiger partial charge < -0.3 is 4.74 Å². The first kappa shape index (κ1) is 16.6. The number of halogens is 4. The zero-order valence-electron chi connectivity index (χ0n) is 12.0. The van der Waals surface area contributed by atoms with Crippen LogP contribution in [0.5, 0.6) is 0 Å². The molecule has 1 fully saturated rings. The van der Waals surface area contributed by atoms with Crippen LogP contribution < -0.4 is 0 Å². The molecule has 1 saturated carbocycles. The van der Waals surface area contributed by atoms with Gasteiger partial charge in [0.05, 0.1) is 18.0 Å². The average Bonchev–Trinajstić information content (AvgIpc) is 2.99. The lowest BCUT2D eigenvalue weighted by molar-refractivity contribution is 0.0484. The van der Waals surface area contributed by atoms with Crippen LogP contribution in [0, 0.1) is 18.7 Å². The van der Waals surface area contributed by atoms with E-state index < -0.39 is 10.3 Å². The van der Waals surface area contributed by atoms with Crippen molar-refractivity contribution in [1.29, 1.82) is 0 Å². The molecule has 0 amide bonds.